The minimum Gasteiger partial charge on any atom is -0.396 e. The lowest BCUT2D eigenvalue weighted by Crippen LogP contribution is -2.43. The van der Waals surface area contributed by atoms with Crippen LogP contribution in [0.4, 0.5) is 0 Å². The fourth-order valence-corrected chi connectivity index (χ4v) is 4.26. The van der Waals surface area contributed by atoms with Crippen molar-refractivity contribution in [2.45, 2.75) is 44.2 Å². The molecule has 2 atom stereocenters. The maximum atomic E-state index is 12.8. The quantitative estimate of drug-likeness (QED) is 0.802. The largest absolute Gasteiger partial charge is 0.396 e. The molecule has 1 amide bonds. The normalized spacial score (nSPS) is 24.3. The summed E-state index contributed by atoms with van der Waals surface area (Å²) in [4.78, 5) is 14.7. The Morgan fingerprint density at radius 2 is 2.11 bits per heavy atom. The van der Waals surface area contributed by atoms with Crippen LogP contribution in [-0.4, -0.2) is 51.9 Å². The predicted octanol–water partition coefficient (Wildman–Crippen LogP) is 3.24. The fourth-order valence-electron chi connectivity index (χ4n) is 4.26. The lowest BCUT2D eigenvalue weighted by Gasteiger charge is -2.35. The molecule has 1 fully saturated rings. The molecule has 4 rings (SSSR count). The zero-order valence-electron chi connectivity index (χ0n) is 16.1. The minimum atomic E-state index is 0.0438. The molecule has 1 saturated heterocycles. The molecule has 3 aliphatic heterocycles. The average molecular weight is 377 g/mol. The minimum absolute atomic E-state index is 0.0438. The summed E-state index contributed by atoms with van der Waals surface area (Å²) >= 11 is 0. The molecule has 0 saturated carbocycles. The van der Waals surface area contributed by atoms with Crippen molar-refractivity contribution in [2.24, 2.45) is 5.10 Å². The van der Waals surface area contributed by atoms with E-state index in [-0.39, 0.29) is 24.6 Å². The first-order chi connectivity index (χ1) is 13.8. The highest BCUT2D eigenvalue weighted by atomic mass is 16.3. The molecule has 0 bridgehead atoms. The Morgan fingerprint density at radius 3 is 2.93 bits per heavy atom. The van der Waals surface area contributed by atoms with Gasteiger partial charge in [-0.3, -0.25) is 9.80 Å². The van der Waals surface area contributed by atoms with Crippen molar-refractivity contribution >= 4 is 11.6 Å². The topological polar surface area (TPSA) is 56.1 Å². The van der Waals surface area contributed by atoms with E-state index in [2.05, 4.69) is 18.2 Å². The van der Waals surface area contributed by atoms with Gasteiger partial charge in [-0.2, -0.15) is 5.10 Å². The summed E-state index contributed by atoms with van der Waals surface area (Å²) in [5, 5.41) is 16.0. The van der Waals surface area contributed by atoms with Crippen molar-refractivity contribution in [3.05, 3.63) is 72.0 Å². The van der Waals surface area contributed by atoms with Crippen LogP contribution in [0.25, 0.3) is 0 Å². The van der Waals surface area contributed by atoms with Crippen molar-refractivity contribution < 1.29 is 9.90 Å². The number of hydrazone groups is 1. The monoisotopic (exact) mass is 377 g/mol. The maximum Gasteiger partial charge on any atom is 0.246 e. The summed E-state index contributed by atoms with van der Waals surface area (Å²) in [6, 6.07) is 10.5. The zero-order valence-corrected chi connectivity index (χ0v) is 16.1. The van der Waals surface area contributed by atoms with Crippen LogP contribution >= 0.6 is 0 Å². The average Bonchev–Trinajstić information content (AvgIpc) is 3.18. The zero-order chi connectivity index (χ0) is 19.3. The SMILES string of the molecule is O=C(/C=C/C1=CC=CN2N=C(c3ccccc3)CC12)N1CCCC[C@H]1CCO. The third-order valence-electron chi connectivity index (χ3n) is 5.75. The van der Waals surface area contributed by atoms with E-state index in [9.17, 15) is 9.90 Å². The number of hydrogen-bond acceptors (Lipinski definition) is 4. The summed E-state index contributed by atoms with van der Waals surface area (Å²) < 4.78 is 0. The van der Waals surface area contributed by atoms with E-state index < -0.39 is 0 Å². The van der Waals surface area contributed by atoms with Crippen LogP contribution in [0.3, 0.4) is 0 Å². The molecule has 0 radical (unpaired) electrons. The summed E-state index contributed by atoms with van der Waals surface area (Å²) in [5.74, 6) is 0.0438. The van der Waals surface area contributed by atoms with E-state index in [1.54, 1.807) is 6.08 Å². The standard InChI is InChI=1S/C23H27N3O2/c27-16-13-20-10-4-5-14-25(20)23(28)12-11-19-9-6-15-26-22(19)17-21(24-26)18-7-2-1-3-8-18/h1-3,6-9,11-12,15,20,22,27H,4-5,10,13-14,16-17H2/b12-11+/t20-,22?/m0/s1. The van der Waals surface area contributed by atoms with Gasteiger partial charge in [-0.25, -0.2) is 0 Å². The molecular formula is C23H27N3O2. The van der Waals surface area contributed by atoms with E-state index in [4.69, 9.17) is 5.10 Å². The van der Waals surface area contributed by atoms with E-state index in [1.807, 2.05) is 46.5 Å². The first kappa shape index (κ1) is 18.7. The third-order valence-corrected chi connectivity index (χ3v) is 5.75. The second kappa shape index (κ2) is 8.57. The van der Waals surface area contributed by atoms with Crippen LogP contribution in [0.2, 0.25) is 0 Å². The van der Waals surface area contributed by atoms with Gasteiger partial charge >= 0.3 is 0 Å². The van der Waals surface area contributed by atoms with Crippen LogP contribution in [0, 0.1) is 0 Å². The molecule has 1 aromatic rings. The number of rotatable bonds is 5. The number of aliphatic hydroxyl groups is 1. The Balaban J connectivity index is 1.44. The van der Waals surface area contributed by atoms with Crippen molar-refractivity contribution in [3.8, 4) is 0 Å². The number of amides is 1. The third kappa shape index (κ3) is 3.94. The van der Waals surface area contributed by atoms with Crippen molar-refractivity contribution in [2.75, 3.05) is 13.2 Å². The smallest absolute Gasteiger partial charge is 0.246 e. The highest BCUT2D eigenvalue weighted by Crippen LogP contribution is 2.29. The fraction of sp³-hybridized carbons (Fsp3) is 0.391. The molecule has 0 spiro atoms. The summed E-state index contributed by atoms with van der Waals surface area (Å²) in [6.45, 7) is 0.911. The summed E-state index contributed by atoms with van der Waals surface area (Å²) in [6.07, 6.45) is 14.3. The molecule has 146 valence electrons. The number of likely N-dealkylation sites (tertiary alicyclic amines) is 1. The van der Waals surface area contributed by atoms with Crippen LogP contribution < -0.4 is 0 Å². The van der Waals surface area contributed by atoms with Crippen molar-refractivity contribution in [1.29, 1.82) is 0 Å². The van der Waals surface area contributed by atoms with Gasteiger partial charge in [0.25, 0.3) is 0 Å². The van der Waals surface area contributed by atoms with Crippen molar-refractivity contribution in [3.63, 3.8) is 0 Å². The van der Waals surface area contributed by atoms with Crippen LogP contribution in [-0.2, 0) is 4.79 Å². The molecule has 1 N–H and O–H groups in total. The predicted molar refractivity (Wildman–Crippen MR) is 111 cm³/mol. The second-order valence-electron chi connectivity index (χ2n) is 7.55. The van der Waals surface area contributed by atoms with Gasteiger partial charge in [0, 0.05) is 37.9 Å². The molecule has 3 heterocycles. The number of nitrogens with zero attached hydrogens (tertiary/aromatic N) is 3. The van der Waals surface area contributed by atoms with Gasteiger partial charge in [0.05, 0.1) is 11.8 Å². The molecule has 0 aliphatic carbocycles. The van der Waals surface area contributed by atoms with Gasteiger partial charge in [0.1, 0.15) is 0 Å². The van der Waals surface area contributed by atoms with E-state index in [0.29, 0.717) is 6.42 Å². The number of benzene rings is 1. The van der Waals surface area contributed by atoms with Gasteiger partial charge in [0.15, 0.2) is 0 Å². The summed E-state index contributed by atoms with van der Waals surface area (Å²) in [7, 11) is 0. The lowest BCUT2D eigenvalue weighted by atomic mass is 9.96. The Morgan fingerprint density at radius 1 is 1.25 bits per heavy atom. The van der Waals surface area contributed by atoms with Crippen LogP contribution in [0.15, 0.2) is 71.5 Å². The molecule has 3 aliphatic rings. The Bertz CT molecular complexity index is 824. The van der Waals surface area contributed by atoms with Gasteiger partial charge < -0.3 is 10.0 Å². The number of aliphatic hydroxyl groups excluding tert-OH is 1. The van der Waals surface area contributed by atoms with Gasteiger partial charge in [-0.05, 0) is 42.9 Å². The molecule has 0 aromatic heterocycles. The lowest BCUT2D eigenvalue weighted by molar-refractivity contribution is -0.129. The van der Waals surface area contributed by atoms with E-state index >= 15 is 0 Å². The van der Waals surface area contributed by atoms with Crippen molar-refractivity contribution in [1.82, 2.24) is 9.91 Å². The molecule has 5 nitrogen and oxygen atoms in total. The molecule has 28 heavy (non-hydrogen) atoms. The number of allylic oxidation sites excluding steroid dienone is 2. The van der Waals surface area contributed by atoms with E-state index in [0.717, 1.165) is 49.1 Å². The number of hydrogen-bond donors (Lipinski definition) is 1. The maximum absolute atomic E-state index is 12.8. The second-order valence-corrected chi connectivity index (χ2v) is 7.55. The number of carbonyl (C=O) groups excluding carboxylic acids is 1. The number of fused-ring (bicyclic) bond motifs is 1. The van der Waals surface area contributed by atoms with Crippen LogP contribution in [0.1, 0.15) is 37.7 Å². The van der Waals surface area contributed by atoms with Gasteiger partial charge in [0.2, 0.25) is 5.91 Å². The highest BCUT2D eigenvalue weighted by Gasteiger charge is 2.30. The van der Waals surface area contributed by atoms with Gasteiger partial charge in [-0.1, -0.05) is 42.5 Å². The Hall–Kier alpha value is -2.66. The Labute approximate surface area is 166 Å². The highest BCUT2D eigenvalue weighted by molar-refractivity contribution is 6.02. The first-order valence-corrected chi connectivity index (χ1v) is 10.2. The molecule has 1 aromatic carbocycles. The molecule has 5 heteroatoms. The molecule has 1 unspecified atom stereocenters. The number of piperidine rings is 1. The van der Waals surface area contributed by atoms with Crippen LogP contribution in [0.5, 0.6) is 0 Å². The Kier molecular flexibility index (Phi) is 5.72. The van der Waals surface area contributed by atoms with E-state index in [1.165, 1.54) is 0 Å². The molecular weight excluding hydrogens is 350 g/mol. The summed E-state index contributed by atoms with van der Waals surface area (Å²) in [5.41, 5.74) is 3.31. The van der Waals surface area contributed by atoms with Gasteiger partial charge in [-0.15, -0.1) is 0 Å². The first-order valence-electron chi connectivity index (χ1n) is 10.2. The number of carbonyl (C=O) groups is 1.